The maximum absolute atomic E-state index is 14.0. The van der Waals surface area contributed by atoms with E-state index < -0.39 is 0 Å². The number of ether oxygens (including phenoxy) is 1. The molecule has 25 heavy (non-hydrogen) atoms. The van der Waals surface area contributed by atoms with Crippen molar-refractivity contribution in [3.05, 3.63) is 59.1 Å². The van der Waals surface area contributed by atoms with Crippen LogP contribution in [0.4, 0.5) is 10.1 Å². The van der Waals surface area contributed by atoms with Crippen LogP contribution in [0.1, 0.15) is 5.56 Å². The molecule has 0 spiro atoms. The van der Waals surface area contributed by atoms with Gasteiger partial charge in [0, 0.05) is 43.6 Å². The summed E-state index contributed by atoms with van der Waals surface area (Å²) in [6.07, 6.45) is 3.38. The van der Waals surface area contributed by atoms with Crippen LogP contribution in [0.3, 0.4) is 0 Å². The Balaban J connectivity index is 1.46. The molecule has 0 unspecified atom stereocenters. The van der Waals surface area contributed by atoms with Crippen molar-refractivity contribution in [3.8, 4) is 0 Å². The molecular weight excluding hydrogens is 345 g/mol. The Bertz CT molecular complexity index is 722. The molecule has 1 saturated heterocycles. The van der Waals surface area contributed by atoms with E-state index >= 15 is 0 Å². The zero-order chi connectivity index (χ0) is 17.6. The third-order valence-electron chi connectivity index (χ3n) is 4.13. The summed E-state index contributed by atoms with van der Waals surface area (Å²) in [6, 6.07) is 8.35. The molecule has 7 heteroatoms. The zero-order valence-corrected chi connectivity index (χ0v) is 14.5. The summed E-state index contributed by atoms with van der Waals surface area (Å²) in [5, 5.41) is 0.376. The molecule has 1 aromatic carbocycles. The third kappa shape index (κ3) is 4.67. The molecule has 0 radical (unpaired) electrons. The van der Waals surface area contributed by atoms with Crippen molar-refractivity contribution < 1.29 is 13.9 Å². The molecule has 1 amide bonds. The lowest BCUT2D eigenvalue weighted by Crippen LogP contribution is -2.50. The number of aromatic nitrogens is 1. The Morgan fingerprint density at radius 2 is 1.88 bits per heavy atom. The number of amides is 1. The van der Waals surface area contributed by atoms with Crippen LogP contribution in [-0.4, -0.2) is 48.6 Å². The van der Waals surface area contributed by atoms with Crippen LogP contribution in [0.2, 0.25) is 5.02 Å². The first kappa shape index (κ1) is 17.6. The number of pyridine rings is 1. The van der Waals surface area contributed by atoms with E-state index in [-0.39, 0.29) is 18.3 Å². The summed E-state index contributed by atoms with van der Waals surface area (Å²) >= 11 is 5.78. The first-order chi connectivity index (χ1) is 12.1. The largest absolute Gasteiger partial charge is 0.367 e. The molecule has 0 bridgehead atoms. The Morgan fingerprint density at radius 3 is 2.56 bits per heavy atom. The number of anilines is 1. The Kier molecular flexibility index (Phi) is 5.83. The first-order valence-electron chi connectivity index (χ1n) is 8.08. The fourth-order valence-electron chi connectivity index (χ4n) is 2.76. The summed E-state index contributed by atoms with van der Waals surface area (Å²) < 4.78 is 19.5. The predicted octanol–water partition coefficient (Wildman–Crippen LogP) is 2.74. The molecular formula is C18H19ClFN3O2. The van der Waals surface area contributed by atoms with Gasteiger partial charge in [0.05, 0.1) is 12.3 Å². The minimum atomic E-state index is -0.340. The molecule has 132 valence electrons. The highest BCUT2D eigenvalue weighted by atomic mass is 35.5. The number of carbonyl (C=O) groups is 1. The summed E-state index contributed by atoms with van der Waals surface area (Å²) in [4.78, 5) is 19.8. The maximum Gasteiger partial charge on any atom is 0.248 e. The Morgan fingerprint density at radius 1 is 1.16 bits per heavy atom. The SMILES string of the molecule is O=C(COCc1ccncc1)N1CCN(c2ccc(Cl)cc2F)CC1. The highest BCUT2D eigenvalue weighted by Gasteiger charge is 2.22. The van der Waals surface area contributed by atoms with Crippen LogP contribution in [0.15, 0.2) is 42.7 Å². The number of halogens is 2. The number of hydrogen-bond donors (Lipinski definition) is 0. The van der Waals surface area contributed by atoms with Gasteiger partial charge in [0.2, 0.25) is 5.91 Å². The highest BCUT2D eigenvalue weighted by molar-refractivity contribution is 6.30. The minimum absolute atomic E-state index is 0.0393. The van der Waals surface area contributed by atoms with Gasteiger partial charge in [-0.1, -0.05) is 11.6 Å². The lowest BCUT2D eigenvalue weighted by atomic mass is 10.2. The van der Waals surface area contributed by atoms with Gasteiger partial charge in [-0.25, -0.2) is 4.39 Å². The smallest absolute Gasteiger partial charge is 0.248 e. The molecule has 0 saturated carbocycles. The van der Waals surface area contributed by atoms with Gasteiger partial charge in [0.1, 0.15) is 12.4 Å². The van der Waals surface area contributed by atoms with Gasteiger partial charge in [-0.2, -0.15) is 0 Å². The van der Waals surface area contributed by atoms with E-state index in [9.17, 15) is 9.18 Å². The van der Waals surface area contributed by atoms with Gasteiger partial charge >= 0.3 is 0 Å². The molecule has 1 aliphatic rings. The molecule has 0 atom stereocenters. The van der Waals surface area contributed by atoms with Gasteiger partial charge in [-0.15, -0.1) is 0 Å². The van der Waals surface area contributed by atoms with E-state index in [1.54, 1.807) is 29.4 Å². The van der Waals surface area contributed by atoms with Gasteiger partial charge in [-0.3, -0.25) is 9.78 Å². The molecule has 2 aromatic rings. The van der Waals surface area contributed by atoms with Gasteiger partial charge < -0.3 is 14.5 Å². The van der Waals surface area contributed by atoms with Crippen molar-refractivity contribution in [2.75, 3.05) is 37.7 Å². The fraction of sp³-hybridized carbons (Fsp3) is 0.333. The number of nitrogens with zero attached hydrogens (tertiary/aromatic N) is 3. The molecule has 3 rings (SSSR count). The molecule has 1 aromatic heterocycles. The summed E-state index contributed by atoms with van der Waals surface area (Å²) in [7, 11) is 0. The molecule has 1 aliphatic heterocycles. The quantitative estimate of drug-likeness (QED) is 0.819. The number of benzene rings is 1. The molecule has 0 N–H and O–H groups in total. The van der Waals surface area contributed by atoms with Crippen LogP contribution in [-0.2, 0) is 16.1 Å². The van der Waals surface area contributed by atoms with Crippen LogP contribution in [0, 0.1) is 5.82 Å². The van der Waals surface area contributed by atoms with E-state index in [0.29, 0.717) is 43.5 Å². The van der Waals surface area contributed by atoms with Crippen molar-refractivity contribution in [1.82, 2.24) is 9.88 Å². The lowest BCUT2D eigenvalue weighted by Gasteiger charge is -2.36. The first-order valence-corrected chi connectivity index (χ1v) is 8.46. The number of hydrogen-bond acceptors (Lipinski definition) is 4. The number of piperazine rings is 1. The zero-order valence-electron chi connectivity index (χ0n) is 13.7. The van der Waals surface area contributed by atoms with Gasteiger partial charge in [0.25, 0.3) is 0 Å². The van der Waals surface area contributed by atoms with Crippen molar-refractivity contribution in [2.45, 2.75) is 6.61 Å². The topological polar surface area (TPSA) is 45.7 Å². The number of carbonyl (C=O) groups excluding carboxylic acids is 1. The third-order valence-corrected chi connectivity index (χ3v) is 4.36. The molecule has 1 fully saturated rings. The van der Waals surface area contributed by atoms with E-state index in [1.165, 1.54) is 6.07 Å². The van der Waals surface area contributed by atoms with Crippen LogP contribution in [0.25, 0.3) is 0 Å². The number of rotatable bonds is 5. The standard InChI is InChI=1S/C18H19ClFN3O2/c19-15-1-2-17(16(20)11-15)22-7-9-23(10-8-22)18(24)13-25-12-14-3-5-21-6-4-14/h1-6,11H,7-10,12-13H2. The molecule has 5 nitrogen and oxygen atoms in total. The van der Waals surface area contributed by atoms with Crippen LogP contribution >= 0.6 is 11.6 Å². The van der Waals surface area contributed by atoms with Crippen LogP contribution < -0.4 is 4.90 Å². The maximum atomic E-state index is 14.0. The van der Waals surface area contributed by atoms with Crippen LogP contribution in [0.5, 0.6) is 0 Å². The highest BCUT2D eigenvalue weighted by Crippen LogP contribution is 2.23. The molecule has 0 aliphatic carbocycles. The van der Waals surface area contributed by atoms with Crippen molar-refractivity contribution in [3.63, 3.8) is 0 Å². The normalized spacial score (nSPS) is 14.6. The average Bonchev–Trinajstić information content (AvgIpc) is 2.63. The van der Waals surface area contributed by atoms with E-state index in [4.69, 9.17) is 16.3 Å². The van der Waals surface area contributed by atoms with E-state index in [0.717, 1.165) is 5.56 Å². The second kappa shape index (κ2) is 8.27. The average molecular weight is 364 g/mol. The molecule has 2 heterocycles. The van der Waals surface area contributed by atoms with E-state index in [2.05, 4.69) is 4.98 Å². The lowest BCUT2D eigenvalue weighted by molar-refractivity contribution is -0.136. The predicted molar refractivity (Wildman–Crippen MR) is 94.1 cm³/mol. The van der Waals surface area contributed by atoms with Gasteiger partial charge in [0.15, 0.2) is 0 Å². The van der Waals surface area contributed by atoms with E-state index in [1.807, 2.05) is 17.0 Å². The Hall–Kier alpha value is -2.18. The van der Waals surface area contributed by atoms with Crippen molar-refractivity contribution >= 4 is 23.2 Å². The summed E-state index contributed by atoms with van der Waals surface area (Å²) in [6.45, 7) is 2.66. The minimum Gasteiger partial charge on any atom is -0.367 e. The summed E-state index contributed by atoms with van der Waals surface area (Å²) in [5.74, 6) is -0.391. The Labute approximate surface area is 151 Å². The summed E-state index contributed by atoms with van der Waals surface area (Å²) in [5.41, 5.74) is 1.50. The fourth-order valence-corrected chi connectivity index (χ4v) is 2.92. The second-order valence-electron chi connectivity index (χ2n) is 5.81. The monoisotopic (exact) mass is 363 g/mol. The van der Waals surface area contributed by atoms with Crippen molar-refractivity contribution in [1.29, 1.82) is 0 Å². The van der Waals surface area contributed by atoms with Gasteiger partial charge in [-0.05, 0) is 35.9 Å². The van der Waals surface area contributed by atoms with Crippen molar-refractivity contribution in [2.24, 2.45) is 0 Å². The second-order valence-corrected chi connectivity index (χ2v) is 6.25.